The summed E-state index contributed by atoms with van der Waals surface area (Å²) < 4.78 is 0. The molecule has 4 nitrogen and oxygen atoms in total. The summed E-state index contributed by atoms with van der Waals surface area (Å²) in [7, 11) is 0. The van der Waals surface area contributed by atoms with E-state index in [0.29, 0.717) is 0 Å². The molecule has 1 aliphatic rings. The van der Waals surface area contributed by atoms with E-state index in [1.807, 2.05) is 0 Å². The highest BCUT2D eigenvalue weighted by Crippen LogP contribution is 2.30. The number of aromatic amines is 4. The van der Waals surface area contributed by atoms with Gasteiger partial charge in [0.2, 0.25) is 0 Å². The van der Waals surface area contributed by atoms with Crippen molar-refractivity contribution in [1.29, 1.82) is 0 Å². The van der Waals surface area contributed by atoms with E-state index < -0.39 is 0 Å². The van der Waals surface area contributed by atoms with Gasteiger partial charge < -0.3 is 19.9 Å². The molecule has 0 amide bonds. The van der Waals surface area contributed by atoms with Gasteiger partial charge in [0.1, 0.15) is 0 Å². The van der Waals surface area contributed by atoms with Crippen LogP contribution in [0, 0.1) is 0 Å². The van der Waals surface area contributed by atoms with E-state index >= 15 is 0 Å². The van der Waals surface area contributed by atoms with E-state index in [1.165, 1.54) is 88.6 Å². The fourth-order valence-corrected chi connectivity index (χ4v) is 6.90. The minimum atomic E-state index is 0.841. The van der Waals surface area contributed by atoms with Gasteiger partial charge in [0.05, 0.1) is 0 Å². The van der Waals surface area contributed by atoms with Crippen LogP contribution in [0.2, 0.25) is 0 Å². The fourth-order valence-electron chi connectivity index (χ4n) is 6.90. The Morgan fingerprint density at radius 1 is 0.325 bits per heavy atom. The van der Waals surface area contributed by atoms with Crippen molar-refractivity contribution in [3.8, 4) is 0 Å². The first-order valence-electron chi connectivity index (χ1n) is 14.1. The minimum Gasteiger partial charge on any atom is -0.358 e. The molecule has 0 radical (unpaired) electrons. The molecule has 0 aliphatic carbocycles. The van der Waals surface area contributed by atoms with E-state index in [0.717, 1.165) is 25.7 Å². The van der Waals surface area contributed by atoms with Gasteiger partial charge in [-0.2, -0.15) is 0 Å². The van der Waals surface area contributed by atoms with Gasteiger partial charge in [0.25, 0.3) is 0 Å². The summed E-state index contributed by atoms with van der Waals surface area (Å²) in [5.41, 5.74) is 15.2. The van der Waals surface area contributed by atoms with Crippen LogP contribution in [-0.2, 0) is 25.7 Å². The van der Waals surface area contributed by atoms with Gasteiger partial charge >= 0.3 is 0 Å². The van der Waals surface area contributed by atoms with Gasteiger partial charge in [-0.05, 0) is 68.1 Å². The number of benzene rings is 4. The second-order valence-electron chi connectivity index (χ2n) is 11.4. The van der Waals surface area contributed by atoms with Crippen molar-refractivity contribution < 1.29 is 0 Å². The first-order valence-corrected chi connectivity index (χ1v) is 14.1. The second-order valence-corrected chi connectivity index (χ2v) is 11.4. The quantitative estimate of drug-likeness (QED) is 0.157. The van der Waals surface area contributed by atoms with Gasteiger partial charge in [-0.15, -0.1) is 0 Å². The van der Waals surface area contributed by atoms with Crippen LogP contribution >= 0.6 is 0 Å². The zero-order valence-corrected chi connectivity index (χ0v) is 22.1. The third-order valence-corrected chi connectivity index (χ3v) is 8.72. The first-order chi connectivity index (χ1) is 19.7. The number of para-hydroxylation sites is 4. The van der Waals surface area contributed by atoms with Crippen molar-refractivity contribution in [2.75, 3.05) is 0 Å². The molecule has 4 aromatic carbocycles. The van der Waals surface area contributed by atoms with Crippen LogP contribution in [0.1, 0.15) is 45.0 Å². The molecule has 1 aliphatic heterocycles. The largest absolute Gasteiger partial charge is 0.358 e. The molecular weight excluding hydrogens is 488 g/mol. The molecule has 8 bridgehead atoms. The molecular formula is C36H28N4. The molecule has 9 rings (SSSR count). The van der Waals surface area contributed by atoms with Crippen LogP contribution < -0.4 is 0 Å². The number of fused-ring (bicyclic) bond motifs is 4. The summed E-state index contributed by atoms with van der Waals surface area (Å²) in [6, 6.07) is 35.9. The molecule has 8 aromatic rings. The highest BCUT2D eigenvalue weighted by Gasteiger charge is 2.15. The topological polar surface area (TPSA) is 63.2 Å². The fraction of sp³-hybridized carbons (Fsp3) is 0.111. The summed E-state index contributed by atoms with van der Waals surface area (Å²) in [6.07, 6.45) is 3.43. The predicted octanol–water partition coefficient (Wildman–Crippen LogP) is 8.29. The third-order valence-electron chi connectivity index (χ3n) is 8.72. The zero-order valence-electron chi connectivity index (χ0n) is 22.1. The predicted molar refractivity (Wildman–Crippen MR) is 164 cm³/mol. The van der Waals surface area contributed by atoms with E-state index in [9.17, 15) is 0 Å². The number of rotatable bonds is 0. The third kappa shape index (κ3) is 3.46. The van der Waals surface area contributed by atoms with Gasteiger partial charge in [-0.3, -0.25) is 0 Å². The van der Waals surface area contributed by atoms with Crippen LogP contribution in [0.5, 0.6) is 0 Å². The molecule has 0 unspecified atom stereocenters. The smallest absolute Gasteiger partial charge is 0.0492 e. The molecule has 0 spiro atoms. The lowest BCUT2D eigenvalue weighted by Crippen LogP contribution is -1.94. The Hall–Kier alpha value is -4.96. The van der Waals surface area contributed by atoms with Crippen molar-refractivity contribution in [2.45, 2.75) is 25.7 Å². The van der Waals surface area contributed by atoms with E-state index in [1.54, 1.807) is 0 Å². The lowest BCUT2D eigenvalue weighted by Gasteiger charge is -2.06. The maximum Gasteiger partial charge on any atom is 0.0492 e. The molecule has 0 atom stereocenters. The highest BCUT2D eigenvalue weighted by molar-refractivity contribution is 5.89. The standard InChI is InChI=1S/C36H28N4/c1-5-21-13-22-6-2-10-26-16-31(38-34(22)26)20-32-18-28-12-4-8-24(36(28)40-32)14-23-7-3-11-27-17-30(39-35(23)27)19-29-15-25(9-1)33(21)37-29/h1-12,15-18,37-40H,13-14,19-20H2. The Morgan fingerprint density at radius 2 is 0.600 bits per heavy atom. The lowest BCUT2D eigenvalue weighted by molar-refractivity contribution is 1.06. The molecule has 0 saturated heterocycles. The number of H-pyrrole nitrogens is 4. The molecule has 5 heterocycles. The summed E-state index contributed by atoms with van der Waals surface area (Å²) in [5, 5.41) is 5.07. The summed E-state index contributed by atoms with van der Waals surface area (Å²) in [4.78, 5) is 15.1. The number of hydrogen-bond donors (Lipinski definition) is 4. The molecule has 0 saturated carbocycles. The SMILES string of the molecule is c1cc2c3[nH]c(cc3c1)Cc1cc3cccc(c3[nH]1)Cc1cccc3cc([nH]c13)Cc1cc3cccc(c3[nH]1)C2. The van der Waals surface area contributed by atoms with Crippen molar-refractivity contribution >= 4 is 43.6 Å². The van der Waals surface area contributed by atoms with Crippen LogP contribution in [0.25, 0.3) is 43.6 Å². The Labute approximate surface area is 231 Å². The Balaban J connectivity index is 1.26. The highest BCUT2D eigenvalue weighted by atomic mass is 14.8. The van der Waals surface area contributed by atoms with E-state index in [4.69, 9.17) is 0 Å². The first kappa shape index (κ1) is 21.9. The number of aromatic nitrogens is 4. The molecule has 4 N–H and O–H groups in total. The minimum absolute atomic E-state index is 0.841. The maximum atomic E-state index is 3.78. The monoisotopic (exact) mass is 516 g/mol. The second kappa shape index (κ2) is 8.27. The average Bonchev–Trinajstić information content (AvgIpc) is 3.73. The van der Waals surface area contributed by atoms with E-state index in [2.05, 4.69) is 117 Å². The van der Waals surface area contributed by atoms with Crippen LogP contribution in [0.15, 0.2) is 97.1 Å². The van der Waals surface area contributed by atoms with Crippen LogP contribution in [0.4, 0.5) is 0 Å². The number of nitrogens with one attached hydrogen (secondary N) is 4. The Morgan fingerprint density at radius 3 is 0.875 bits per heavy atom. The molecule has 192 valence electrons. The van der Waals surface area contributed by atoms with E-state index in [-0.39, 0.29) is 0 Å². The van der Waals surface area contributed by atoms with Gasteiger partial charge in [-0.1, -0.05) is 72.8 Å². The average molecular weight is 517 g/mol. The lowest BCUT2D eigenvalue weighted by atomic mass is 10.0. The maximum absolute atomic E-state index is 3.78. The molecule has 4 heteroatoms. The Bertz CT molecular complexity index is 1920. The van der Waals surface area contributed by atoms with Crippen molar-refractivity contribution in [1.82, 2.24) is 19.9 Å². The summed E-state index contributed by atoms with van der Waals surface area (Å²) in [6.45, 7) is 0. The number of hydrogen-bond acceptors (Lipinski definition) is 0. The molecule has 40 heavy (non-hydrogen) atoms. The van der Waals surface area contributed by atoms with Gasteiger partial charge in [0, 0.05) is 70.5 Å². The zero-order chi connectivity index (χ0) is 26.2. The van der Waals surface area contributed by atoms with Crippen molar-refractivity contribution in [3.05, 3.63) is 142 Å². The summed E-state index contributed by atoms with van der Waals surface area (Å²) in [5.74, 6) is 0. The van der Waals surface area contributed by atoms with Crippen molar-refractivity contribution in [3.63, 3.8) is 0 Å². The summed E-state index contributed by atoms with van der Waals surface area (Å²) >= 11 is 0. The normalized spacial score (nSPS) is 13.6. The molecule has 0 fully saturated rings. The molecule has 4 aromatic heterocycles. The van der Waals surface area contributed by atoms with Crippen LogP contribution in [0.3, 0.4) is 0 Å². The van der Waals surface area contributed by atoms with Crippen molar-refractivity contribution in [2.24, 2.45) is 0 Å². The van der Waals surface area contributed by atoms with Gasteiger partial charge in [-0.25, -0.2) is 0 Å². The Kier molecular flexibility index (Phi) is 4.53. The van der Waals surface area contributed by atoms with Gasteiger partial charge in [0.15, 0.2) is 0 Å². The van der Waals surface area contributed by atoms with Crippen LogP contribution in [-0.4, -0.2) is 19.9 Å².